The van der Waals surface area contributed by atoms with Gasteiger partial charge in [0, 0.05) is 5.75 Å². The molecule has 2 atom stereocenters. The number of carbonyl (C=O) groups is 3. The lowest BCUT2D eigenvalue weighted by molar-refractivity contribution is -0.160. The predicted octanol–water partition coefficient (Wildman–Crippen LogP) is 1.29. The number of ether oxygens (including phenoxy) is 1. The van der Waals surface area contributed by atoms with Crippen LogP contribution in [-0.2, 0) is 14.3 Å². The quantitative estimate of drug-likeness (QED) is 0.765. The van der Waals surface area contributed by atoms with Crippen molar-refractivity contribution in [1.29, 1.82) is 0 Å². The molecule has 0 aliphatic carbocycles. The summed E-state index contributed by atoms with van der Waals surface area (Å²) in [6.45, 7) is 8.99. The van der Waals surface area contributed by atoms with E-state index in [1.54, 1.807) is 20.8 Å². The van der Waals surface area contributed by atoms with Crippen LogP contribution in [0.25, 0.3) is 0 Å². The second kappa shape index (κ2) is 6.47. The van der Waals surface area contributed by atoms with Crippen LogP contribution in [0, 0.1) is 5.92 Å². The van der Waals surface area contributed by atoms with Gasteiger partial charge in [-0.25, -0.2) is 4.79 Å². The Bertz CT molecular complexity index is 404. The van der Waals surface area contributed by atoms with Crippen molar-refractivity contribution in [3.63, 3.8) is 0 Å². The lowest BCUT2D eigenvalue weighted by atomic mass is 10.0. The number of hydrogen-bond donors (Lipinski definition) is 2. The highest BCUT2D eigenvalue weighted by molar-refractivity contribution is 8.14. The van der Waals surface area contributed by atoms with Crippen molar-refractivity contribution in [2.45, 2.75) is 52.3 Å². The molecule has 0 aromatic heterocycles. The number of esters is 1. The SMILES string of the molecule is CC(C)[C@@H](NC(=O)C1CSC(=O)N1)C(=O)OC(C)(C)C. The van der Waals surface area contributed by atoms with Gasteiger partial charge in [0.1, 0.15) is 17.7 Å². The van der Waals surface area contributed by atoms with E-state index < -0.39 is 23.7 Å². The first kappa shape index (κ1) is 16.8. The molecule has 1 aliphatic rings. The first-order chi connectivity index (χ1) is 9.10. The van der Waals surface area contributed by atoms with Crippen LogP contribution in [0.15, 0.2) is 0 Å². The Hall–Kier alpha value is -1.24. The van der Waals surface area contributed by atoms with Crippen LogP contribution < -0.4 is 10.6 Å². The molecule has 0 bridgehead atoms. The maximum atomic E-state index is 12.1. The Balaban J connectivity index is 2.65. The monoisotopic (exact) mass is 302 g/mol. The van der Waals surface area contributed by atoms with Gasteiger partial charge in [0.15, 0.2) is 0 Å². The Morgan fingerprint density at radius 1 is 1.40 bits per heavy atom. The Kier molecular flexibility index (Phi) is 5.44. The highest BCUT2D eigenvalue weighted by atomic mass is 32.2. The molecule has 1 heterocycles. The highest BCUT2D eigenvalue weighted by Gasteiger charge is 2.34. The van der Waals surface area contributed by atoms with Gasteiger partial charge in [0.05, 0.1) is 0 Å². The first-order valence-corrected chi connectivity index (χ1v) is 7.55. The van der Waals surface area contributed by atoms with Crippen LogP contribution in [0.2, 0.25) is 0 Å². The van der Waals surface area contributed by atoms with E-state index in [1.165, 1.54) is 0 Å². The smallest absolute Gasteiger partial charge is 0.329 e. The minimum atomic E-state index is -0.718. The second-order valence-corrected chi connectivity index (χ2v) is 7.05. The molecular formula is C13H22N2O4S. The number of amides is 2. The number of thioether (sulfide) groups is 1. The molecule has 1 fully saturated rings. The van der Waals surface area contributed by atoms with Crippen molar-refractivity contribution >= 4 is 28.9 Å². The van der Waals surface area contributed by atoms with Crippen LogP contribution in [0.4, 0.5) is 4.79 Å². The van der Waals surface area contributed by atoms with E-state index in [0.29, 0.717) is 5.75 Å². The van der Waals surface area contributed by atoms with Crippen LogP contribution in [0.1, 0.15) is 34.6 Å². The predicted molar refractivity (Wildman–Crippen MR) is 77.4 cm³/mol. The van der Waals surface area contributed by atoms with Gasteiger partial charge in [-0.05, 0) is 26.7 Å². The Labute approximate surface area is 123 Å². The summed E-state index contributed by atoms with van der Waals surface area (Å²) >= 11 is 1.06. The minimum absolute atomic E-state index is 0.0986. The van der Waals surface area contributed by atoms with Crippen LogP contribution in [-0.4, -0.2) is 40.6 Å². The molecule has 1 unspecified atom stereocenters. The van der Waals surface area contributed by atoms with E-state index in [2.05, 4.69) is 10.6 Å². The van der Waals surface area contributed by atoms with Gasteiger partial charge in [-0.15, -0.1) is 0 Å². The van der Waals surface area contributed by atoms with Gasteiger partial charge in [-0.1, -0.05) is 25.6 Å². The van der Waals surface area contributed by atoms with Crippen LogP contribution >= 0.6 is 11.8 Å². The summed E-state index contributed by atoms with van der Waals surface area (Å²) < 4.78 is 5.30. The van der Waals surface area contributed by atoms with Gasteiger partial charge in [-0.3, -0.25) is 9.59 Å². The molecule has 0 aromatic rings. The summed E-state index contributed by atoms with van der Waals surface area (Å²) in [4.78, 5) is 35.2. The minimum Gasteiger partial charge on any atom is -0.458 e. The molecule has 2 amide bonds. The standard InChI is InChI=1S/C13H22N2O4S/c1-7(2)9(11(17)19-13(3,4)5)15-10(16)8-6-20-12(18)14-8/h7-9H,6H2,1-5H3,(H,14,18)(H,15,16)/t8?,9-/m1/s1. The molecular weight excluding hydrogens is 280 g/mol. The fourth-order valence-electron chi connectivity index (χ4n) is 1.64. The number of hydrogen-bond acceptors (Lipinski definition) is 5. The molecule has 20 heavy (non-hydrogen) atoms. The summed E-state index contributed by atoms with van der Waals surface area (Å²) in [5, 5.41) is 4.99. The van der Waals surface area contributed by atoms with E-state index >= 15 is 0 Å². The molecule has 0 saturated carbocycles. The largest absolute Gasteiger partial charge is 0.458 e. The topological polar surface area (TPSA) is 84.5 Å². The third kappa shape index (κ3) is 5.03. The average Bonchev–Trinajstić information content (AvgIpc) is 2.69. The van der Waals surface area contributed by atoms with Gasteiger partial charge >= 0.3 is 5.97 Å². The number of rotatable bonds is 4. The van der Waals surface area contributed by atoms with Crippen molar-refractivity contribution in [2.75, 3.05) is 5.75 Å². The molecule has 0 spiro atoms. The fourth-order valence-corrected chi connectivity index (χ4v) is 2.42. The summed E-state index contributed by atoms with van der Waals surface area (Å²) in [5.41, 5.74) is -0.605. The van der Waals surface area contributed by atoms with E-state index in [1.807, 2.05) is 13.8 Å². The van der Waals surface area contributed by atoms with Crippen molar-refractivity contribution in [3.8, 4) is 0 Å². The van der Waals surface area contributed by atoms with Crippen molar-refractivity contribution in [1.82, 2.24) is 10.6 Å². The molecule has 1 aliphatic heterocycles. The third-order valence-electron chi connectivity index (χ3n) is 2.61. The van der Waals surface area contributed by atoms with Gasteiger partial charge in [0.2, 0.25) is 5.91 Å². The lowest BCUT2D eigenvalue weighted by Crippen LogP contribution is -2.52. The summed E-state index contributed by atoms with van der Waals surface area (Å²) in [5.74, 6) is -0.534. The summed E-state index contributed by atoms with van der Waals surface area (Å²) in [6, 6.07) is -1.31. The van der Waals surface area contributed by atoms with E-state index in [4.69, 9.17) is 4.74 Å². The molecule has 0 aromatic carbocycles. The lowest BCUT2D eigenvalue weighted by Gasteiger charge is -2.27. The van der Waals surface area contributed by atoms with Crippen molar-refractivity contribution in [3.05, 3.63) is 0 Å². The van der Waals surface area contributed by atoms with Gasteiger partial charge in [-0.2, -0.15) is 0 Å². The molecule has 1 rings (SSSR count). The molecule has 7 heteroatoms. The zero-order valence-electron chi connectivity index (χ0n) is 12.5. The normalized spacial score (nSPS) is 20.5. The molecule has 1 saturated heterocycles. The summed E-state index contributed by atoms with van der Waals surface area (Å²) in [7, 11) is 0. The summed E-state index contributed by atoms with van der Waals surface area (Å²) in [6.07, 6.45) is 0. The number of nitrogens with one attached hydrogen (secondary N) is 2. The van der Waals surface area contributed by atoms with Gasteiger partial charge < -0.3 is 15.4 Å². The zero-order chi connectivity index (χ0) is 15.5. The zero-order valence-corrected chi connectivity index (χ0v) is 13.3. The molecule has 0 radical (unpaired) electrons. The first-order valence-electron chi connectivity index (χ1n) is 6.56. The molecule has 2 N–H and O–H groups in total. The third-order valence-corrected chi connectivity index (χ3v) is 3.49. The van der Waals surface area contributed by atoms with Crippen molar-refractivity contribution < 1.29 is 19.1 Å². The molecule has 114 valence electrons. The van der Waals surface area contributed by atoms with E-state index in [9.17, 15) is 14.4 Å². The molecule has 6 nitrogen and oxygen atoms in total. The Morgan fingerprint density at radius 3 is 2.40 bits per heavy atom. The Morgan fingerprint density at radius 2 is 2.00 bits per heavy atom. The maximum absolute atomic E-state index is 12.1. The van der Waals surface area contributed by atoms with E-state index in [0.717, 1.165) is 11.8 Å². The maximum Gasteiger partial charge on any atom is 0.329 e. The second-order valence-electron chi connectivity index (χ2n) is 6.06. The van der Waals surface area contributed by atoms with Crippen LogP contribution in [0.5, 0.6) is 0 Å². The number of carbonyl (C=O) groups excluding carboxylic acids is 3. The van der Waals surface area contributed by atoms with E-state index in [-0.39, 0.29) is 17.1 Å². The van der Waals surface area contributed by atoms with Crippen LogP contribution in [0.3, 0.4) is 0 Å². The highest BCUT2D eigenvalue weighted by Crippen LogP contribution is 2.15. The average molecular weight is 302 g/mol. The fraction of sp³-hybridized carbons (Fsp3) is 0.769. The van der Waals surface area contributed by atoms with Crippen molar-refractivity contribution in [2.24, 2.45) is 5.92 Å². The van der Waals surface area contributed by atoms with Gasteiger partial charge in [0.25, 0.3) is 5.24 Å².